The van der Waals surface area contributed by atoms with Crippen molar-refractivity contribution in [3.63, 3.8) is 0 Å². The van der Waals surface area contributed by atoms with Gasteiger partial charge in [0, 0.05) is 17.5 Å². The lowest BCUT2D eigenvalue weighted by molar-refractivity contribution is -0.633. The lowest BCUT2D eigenvalue weighted by Gasteiger charge is -2.05. The molecule has 1 aromatic heterocycles. The number of phenols is 1. The van der Waals surface area contributed by atoms with Gasteiger partial charge in [0.05, 0.1) is 5.56 Å². The summed E-state index contributed by atoms with van der Waals surface area (Å²) in [7, 11) is 2.02. The van der Waals surface area contributed by atoms with Crippen molar-refractivity contribution in [2.45, 2.75) is 0 Å². The second kappa shape index (κ2) is 4.15. The Morgan fingerprint density at radius 1 is 0.833 bits per heavy atom. The highest BCUT2D eigenvalue weighted by Crippen LogP contribution is 2.27. The van der Waals surface area contributed by atoms with Crippen LogP contribution in [0, 0.1) is 0 Å². The summed E-state index contributed by atoms with van der Waals surface area (Å²) in [6, 6.07) is 19.8. The van der Waals surface area contributed by atoms with E-state index in [0.29, 0.717) is 5.75 Å². The summed E-state index contributed by atoms with van der Waals surface area (Å²) in [4.78, 5) is 0. The first-order chi connectivity index (χ1) is 8.77. The molecule has 0 aliphatic heterocycles. The third-order valence-corrected chi connectivity index (χ3v) is 3.26. The molecule has 88 valence electrons. The summed E-state index contributed by atoms with van der Waals surface area (Å²) in [5, 5.41) is 11.1. The minimum absolute atomic E-state index is 0.309. The maximum Gasteiger partial charge on any atom is 0.216 e. The molecule has 0 bridgehead atoms. The Hall–Kier alpha value is -2.35. The number of pyridine rings is 1. The molecule has 3 aromatic rings. The maximum absolute atomic E-state index is 9.95. The Bertz CT molecular complexity index is 719. The van der Waals surface area contributed by atoms with Gasteiger partial charge in [0.2, 0.25) is 11.2 Å². The molecule has 0 radical (unpaired) electrons. The fourth-order valence-corrected chi connectivity index (χ4v) is 2.30. The Balaban J connectivity index is 2.31. The van der Waals surface area contributed by atoms with Gasteiger partial charge >= 0.3 is 0 Å². The first kappa shape index (κ1) is 10.8. The number of aryl methyl sites for hydroxylation is 1. The normalized spacial score (nSPS) is 10.7. The number of benzene rings is 2. The van der Waals surface area contributed by atoms with Gasteiger partial charge in [-0.25, -0.2) is 0 Å². The van der Waals surface area contributed by atoms with E-state index in [9.17, 15) is 5.11 Å². The molecule has 0 aliphatic rings. The second-order valence-corrected chi connectivity index (χ2v) is 4.35. The zero-order chi connectivity index (χ0) is 12.5. The highest BCUT2D eigenvalue weighted by atomic mass is 16.3. The molecule has 18 heavy (non-hydrogen) atoms. The van der Waals surface area contributed by atoms with Gasteiger partial charge in [-0.3, -0.25) is 0 Å². The fraction of sp³-hybridized carbons (Fsp3) is 0.0625. The van der Waals surface area contributed by atoms with Gasteiger partial charge in [-0.15, -0.1) is 0 Å². The van der Waals surface area contributed by atoms with E-state index in [4.69, 9.17) is 0 Å². The smallest absolute Gasteiger partial charge is 0.216 e. The van der Waals surface area contributed by atoms with Gasteiger partial charge in [-0.2, -0.15) is 4.57 Å². The summed E-state index contributed by atoms with van der Waals surface area (Å²) < 4.78 is 2.10. The molecule has 0 fully saturated rings. The molecule has 1 N–H and O–H groups in total. The van der Waals surface area contributed by atoms with Gasteiger partial charge in [-0.1, -0.05) is 24.3 Å². The molecular weight excluding hydrogens is 222 g/mol. The number of nitrogens with zero attached hydrogens (tertiary/aromatic N) is 1. The maximum atomic E-state index is 9.95. The fourth-order valence-electron chi connectivity index (χ4n) is 2.30. The predicted molar refractivity (Wildman–Crippen MR) is 72.2 cm³/mol. The molecule has 0 atom stereocenters. The molecule has 0 unspecified atom stereocenters. The van der Waals surface area contributed by atoms with Crippen molar-refractivity contribution in [1.82, 2.24) is 0 Å². The molecule has 0 amide bonds. The van der Waals surface area contributed by atoms with Gasteiger partial charge in [0.15, 0.2) is 0 Å². The zero-order valence-corrected chi connectivity index (χ0v) is 10.2. The number of aromatic hydroxyl groups is 1. The van der Waals surface area contributed by atoms with E-state index >= 15 is 0 Å². The molecule has 1 heterocycles. The SMILES string of the molecule is C[n+]1c(-c2ccccc2O)ccc2ccccc21. The minimum Gasteiger partial charge on any atom is -0.507 e. The van der Waals surface area contributed by atoms with Gasteiger partial charge < -0.3 is 5.11 Å². The second-order valence-electron chi connectivity index (χ2n) is 4.35. The summed E-state index contributed by atoms with van der Waals surface area (Å²) >= 11 is 0. The van der Waals surface area contributed by atoms with E-state index in [0.717, 1.165) is 16.8 Å². The van der Waals surface area contributed by atoms with Gasteiger partial charge in [0.25, 0.3) is 0 Å². The molecule has 3 rings (SSSR count). The van der Waals surface area contributed by atoms with Crippen molar-refractivity contribution >= 4 is 10.9 Å². The number of rotatable bonds is 1. The van der Waals surface area contributed by atoms with Gasteiger partial charge in [0.1, 0.15) is 12.8 Å². The summed E-state index contributed by atoms with van der Waals surface area (Å²) in [6.07, 6.45) is 0. The van der Waals surface area contributed by atoms with Crippen LogP contribution in [0.3, 0.4) is 0 Å². The number of hydrogen-bond acceptors (Lipinski definition) is 1. The average molecular weight is 236 g/mol. The van der Waals surface area contributed by atoms with Crippen molar-refractivity contribution in [2.24, 2.45) is 7.05 Å². The van der Waals surface area contributed by atoms with Crippen molar-refractivity contribution in [3.05, 3.63) is 60.7 Å². The third kappa shape index (κ3) is 1.63. The van der Waals surface area contributed by atoms with Crippen LogP contribution in [0.5, 0.6) is 5.75 Å². The Kier molecular flexibility index (Phi) is 2.49. The first-order valence-electron chi connectivity index (χ1n) is 5.93. The molecule has 0 saturated heterocycles. The van der Waals surface area contributed by atoms with Crippen LogP contribution in [0.2, 0.25) is 0 Å². The number of para-hydroxylation sites is 2. The van der Waals surface area contributed by atoms with Gasteiger partial charge in [-0.05, 0) is 24.3 Å². The van der Waals surface area contributed by atoms with E-state index in [1.165, 1.54) is 5.39 Å². The van der Waals surface area contributed by atoms with Crippen molar-refractivity contribution in [1.29, 1.82) is 0 Å². The standard InChI is InChI=1S/C16H13NO/c1-17-14-8-4-2-6-12(14)10-11-15(17)13-7-3-5-9-16(13)18/h2-11H,1H3/p+1. The van der Waals surface area contributed by atoms with Crippen LogP contribution in [-0.4, -0.2) is 5.11 Å². The topological polar surface area (TPSA) is 24.1 Å². The number of hydrogen-bond donors (Lipinski definition) is 1. The molecule has 2 heteroatoms. The summed E-state index contributed by atoms with van der Waals surface area (Å²) in [5.41, 5.74) is 3.01. The van der Waals surface area contributed by atoms with E-state index < -0.39 is 0 Å². The van der Waals surface area contributed by atoms with Crippen LogP contribution in [-0.2, 0) is 7.05 Å². The van der Waals surface area contributed by atoms with Crippen molar-refractivity contribution < 1.29 is 9.67 Å². The van der Waals surface area contributed by atoms with E-state index in [2.05, 4.69) is 22.8 Å². The van der Waals surface area contributed by atoms with Crippen LogP contribution in [0.25, 0.3) is 22.2 Å². The molecule has 2 aromatic carbocycles. The van der Waals surface area contributed by atoms with Crippen LogP contribution < -0.4 is 4.57 Å². The zero-order valence-electron chi connectivity index (χ0n) is 10.2. The quantitative estimate of drug-likeness (QED) is 0.645. The van der Waals surface area contributed by atoms with Crippen molar-refractivity contribution in [3.8, 4) is 17.0 Å². The van der Waals surface area contributed by atoms with Crippen LogP contribution >= 0.6 is 0 Å². The first-order valence-corrected chi connectivity index (χ1v) is 5.93. The van der Waals surface area contributed by atoms with Crippen molar-refractivity contribution in [2.75, 3.05) is 0 Å². The lowest BCUT2D eigenvalue weighted by Crippen LogP contribution is -2.31. The third-order valence-electron chi connectivity index (χ3n) is 3.26. The lowest BCUT2D eigenvalue weighted by atomic mass is 10.1. The minimum atomic E-state index is 0.309. The number of phenolic OH excluding ortho intramolecular Hbond substituents is 1. The van der Waals surface area contributed by atoms with E-state index in [1.54, 1.807) is 6.07 Å². The Morgan fingerprint density at radius 3 is 2.39 bits per heavy atom. The monoisotopic (exact) mass is 236 g/mol. The molecular formula is C16H14NO+. The summed E-state index contributed by atoms with van der Waals surface area (Å²) in [6.45, 7) is 0. The Labute approximate surface area is 106 Å². The average Bonchev–Trinajstić information content (AvgIpc) is 2.41. The van der Waals surface area contributed by atoms with Crippen LogP contribution in [0.4, 0.5) is 0 Å². The highest BCUT2D eigenvalue weighted by molar-refractivity contribution is 5.78. The van der Waals surface area contributed by atoms with E-state index in [1.807, 2.05) is 43.4 Å². The number of fused-ring (bicyclic) bond motifs is 1. The Morgan fingerprint density at radius 2 is 1.56 bits per heavy atom. The highest BCUT2D eigenvalue weighted by Gasteiger charge is 2.15. The van der Waals surface area contributed by atoms with Crippen LogP contribution in [0.1, 0.15) is 0 Å². The predicted octanol–water partition coefficient (Wildman–Crippen LogP) is 3.04. The molecule has 0 aliphatic carbocycles. The number of aromatic nitrogens is 1. The summed E-state index contributed by atoms with van der Waals surface area (Å²) in [5.74, 6) is 0.309. The molecule has 0 spiro atoms. The van der Waals surface area contributed by atoms with Crippen LogP contribution in [0.15, 0.2) is 60.7 Å². The largest absolute Gasteiger partial charge is 0.507 e. The molecule has 2 nitrogen and oxygen atoms in total. The van der Waals surface area contributed by atoms with E-state index in [-0.39, 0.29) is 0 Å². The molecule has 0 saturated carbocycles.